The highest BCUT2D eigenvalue weighted by molar-refractivity contribution is 7.09. The Hall–Kier alpha value is -1.76. The average Bonchev–Trinajstić information content (AvgIpc) is 3.11. The molecule has 2 aromatic rings. The number of hydrogen-bond acceptors (Lipinski definition) is 5. The number of nitrogens with one attached hydrogen (secondary N) is 1. The van der Waals surface area contributed by atoms with Gasteiger partial charge < -0.3 is 10.4 Å². The van der Waals surface area contributed by atoms with Crippen LogP contribution >= 0.6 is 11.3 Å². The maximum atomic E-state index is 12.5. The quantitative estimate of drug-likeness (QED) is 0.870. The monoisotopic (exact) mass is 345 g/mol. The van der Waals surface area contributed by atoms with Crippen LogP contribution in [0.5, 0.6) is 0 Å². The lowest BCUT2D eigenvalue weighted by atomic mass is 9.96. The van der Waals surface area contributed by atoms with Crippen molar-refractivity contribution < 1.29 is 9.90 Å². The van der Waals surface area contributed by atoms with Crippen molar-refractivity contribution in [3.05, 3.63) is 52.5 Å². The number of carbonyl (C=O) groups is 1. The molecule has 5 nitrogen and oxygen atoms in total. The van der Waals surface area contributed by atoms with Gasteiger partial charge in [-0.1, -0.05) is 37.3 Å². The lowest BCUT2D eigenvalue weighted by Crippen LogP contribution is -2.47. The van der Waals surface area contributed by atoms with Crippen molar-refractivity contribution >= 4 is 17.2 Å². The van der Waals surface area contributed by atoms with Crippen LogP contribution in [0.1, 0.15) is 30.0 Å². The van der Waals surface area contributed by atoms with Crippen LogP contribution in [-0.4, -0.2) is 46.6 Å². The number of thiazole rings is 1. The van der Waals surface area contributed by atoms with E-state index in [1.165, 1.54) is 11.3 Å². The number of aromatic nitrogens is 1. The Kier molecular flexibility index (Phi) is 5.60. The normalized spacial score (nSPS) is 22.9. The number of aliphatic hydroxyl groups excluding tert-OH is 1. The van der Waals surface area contributed by atoms with Crippen LogP contribution in [0.25, 0.3) is 0 Å². The predicted octanol–water partition coefficient (Wildman–Crippen LogP) is 2.05. The van der Waals surface area contributed by atoms with Gasteiger partial charge in [-0.25, -0.2) is 4.98 Å². The summed E-state index contributed by atoms with van der Waals surface area (Å²) in [7, 11) is 0. The number of carbonyl (C=O) groups excluding carboxylic acids is 1. The number of amides is 1. The molecule has 0 bridgehead atoms. The summed E-state index contributed by atoms with van der Waals surface area (Å²) < 4.78 is 0. The molecule has 0 aliphatic carbocycles. The van der Waals surface area contributed by atoms with Crippen molar-refractivity contribution in [3.8, 4) is 0 Å². The molecule has 128 valence electrons. The fourth-order valence-corrected chi connectivity index (χ4v) is 3.69. The summed E-state index contributed by atoms with van der Waals surface area (Å²) in [4.78, 5) is 18.9. The summed E-state index contributed by atoms with van der Waals surface area (Å²) in [5, 5.41) is 15.9. The summed E-state index contributed by atoms with van der Waals surface area (Å²) in [6.07, 6.45) is 2.32. The molecule has 3 atom stereocenters. The second kappa shape index (κ2) is 7.88. The zero-order valence-electron chi connectivity index (χ0n) is 13.8. The number of likely N-dealkylation sites (tertiary alicyclic amines) is 1. The number of nitrogens with zero attached hydrogens (tertiary/aromatic N) is 2. The minimum Gasteiger partial charge on any atom is -0.392 e. The molecule has 2 N–H and O–H groups in total. The predicted molar refractivity (Wildman–Crippen MR) is 94.8 cm³/mol. The van der Waals surface area contributed by atoms with E-state index >= 15 is 0 Å². The first-order chi connectivity index (χ1) is 11.6. The smallest absolute Gasteiger partial charge is 0.235 e. The van der Waals surface area contributed by atoms with Gasteiger partial charge in [0.2, 0.25) is 5.91 Å². The van der Waals surface area contributed by atoms with Crippen molar-refractivity contribution in [2.75, 3.05) is 19.6 Å². The summed E-state index contributed by atoms with van der Waals surface area (Å²) in [6, 6.07) is 9.65. The Morgan fingerprint density at radius 2 is 2.25 bits per heavy atom. The van der Waals surface area contributed by atoms with Gasteiger partial charge >= 0.3 is 0 Å². The van der Waals surface area contributed by atoms with E-state index in [0.717, 1.165) is 23.5 Å². The molecule has 0 spiro atoms. The highest BCUT2D eigenvalue weighted by Gasteiger charge is 2.26. The first kappa shape index (κ1) is 17.1. The maximum absolute atomic E-state index is 12.5. The van der Waals surface area contributed by atoms with Gasteiger partial charge in [0, 0.05) is 18.1 Å². The first-order valence-corrected chi connectivity index (χ1v) is 9.15. The van der Waals surface area contributed by atoms with Crippen molar-refractivity contribution in [1.82, 2.24) is 15.2 Å². The van der Waals surface area contributed by atoms with Crippen molar-refractivity contribution in [3.63, 3.8) is 0 Å². The van der Waals surface area contributed by atoms with E-state index in [4.69, 9.17) is 0 Å². The molecule has 6 heteroatoms. The van der Waals surface area contributed by atoms with Crippen molar-refractivity contribution in [1.29, 1.82) is 0 Å². The Bertz CT molecular complexity index is 648. The van der Waals surface area contributed by atoms with Gasteiger partial charge in [0.15, 0.2) is 0 Å². The minimum atomic E-state index is -0.351. The van der Waals surface area contributed by atoms with Gasteiger partial charge in [-0.15, -0.1) is 11.3 Å². The van der Waals surface area contributed by atoms with Gasteiger partial charge in [0.05, 0.1) is 12.6 Å². The van der Waals surface area contributed by atoms with Crippen LogP contribution in [-0.2, 0) is 4.79 Å². The van der Waals surface area contributed by atoms with E-state index in [1.54, 1.807) is 6.20 Å². The number of hydrogen-bond donors (Lipinski definition) is 2. The molecule has 24 heavy (non-hydrogen) atoms. The van der Waals surface area contributed by atoms with Crippen LogP contribution in [0, 0.1) is 5.92 Å². The van der Waals surface area contributed by atoms with Gasteiger partial charge in [-0.3, -0.25) is 9.69 Å². The molecule has 3 rings (SSSR count). The van der Waals surface area contributed by atoms with Crippen LogP contribution in [0.4, 0.5) is 0 Å². The summed E-state index contributed by atoms with van der Waals surface area (Å²) in [5.74, 6) is 0.262. The van der Waals surface area contributed by atoms with Gasteiger partial charge in [-0.05, 0) is 24.4 Å². The molecule has 0 radical (unpaired) electrons. The SMILES string of the molecule is CC1CCN(CC(=O)NC(c2ccccc2)c2nccs2)CC1O. The summed E-state index contributed by atoms with van der Waals surface area (Å²) in [5.41, 5.74) is 1.02. The van der Waals surface area contributed by atoms with E-state index in [0.29, 0.717) is 19.0 Å². The second-order valence-corrected chi connectivity index (χ2v) is 7.28. The third-order valence-corrected chi connectivity index (χ3v) is 5.35. The van der Waals surface area contributed by atoms with E-state index in [2.05, 4.69) is 17.2 Å². The topological polar surface area (TPSA) is 65.5 Å². The molecular formula is C18H23N3O2S. The van der Waals surface area contributed by atoms with E-state index in [1.807, 2.05) is 40.6 Å². The maximum Gasteiger partial charge on any atom is 0.235 e. The van der Waals surface area contributed by atoms with Gasteiger partial charge in [0.25, 0.3) is 0 Å². The van der Waals surface area contributed by atoms with E-state index in [9.17, 15) is 9.90 Å². The molecule has 1 aliphatic heterocycles. The standard InChI is InChI=1S/C18H23N3O2S/c1-13-7-9-21(11-15(13)22)12-16(23)20-17(18-19-8-10-24-18)14-5-3-2-4-6-14/h2-6,8,10,13,15,17,22H,7,9,11-12H2,1H3,(H,20,23). The first-order valence-electron chi connectivity index (χ1n) is 8.27. The summed E-state index contributed by atoms with van der Waals surface area (Å²) in [6.45, 7) is 3.76. The largest absolute Gasteiger partial charge is 0.392 e. The Balaban J connectivity index is 1.66. The van der Waals surface area contributed by atoms with Gasteiger partial charge in [0.1, 0.15) is 11.0 Å². The lowest BCUT2D eigenvalue weighted by molar-refractivity contribution is -0.123. The highest BCUT2D eigenvalue weighted by atomic mass is 32.1. The minimum absolute atomic E-state index is 0.0409. The lowest BCUT2D eigenvalue weighted by Gasteiger charge is -2.34. The molecule has 1 amide bonds. The fourth-order valence-electron chi connectivity index (χ4n) is 2.98. The van der Waals surface area contributed by atoms with Gasteiger partial charge in [-0.2, -0.15) is 0 Å². The number of aliphatic hydroxyl groups is 1. The Labute approximate surface area is 146 Å². The number of rotatable bonds is 5. The van der Waals surface area contributed by atoms with Crippen molar-refractivity contribution in [2.45, 2.75) is 25.5 Å². The third-order valence-electron chi connectivity index (χ3n) is 4.51. The van der Waals surface area contributed by atoms with E-state index < -0.39 is 0 Å². The second-order valence-electron chi connectivity index (χ2n) is 6.35. The summed E-state index contributed by atoms with van der Waals surface area (Å²) >= 11 is 1.54. The fraction of sp³-hybridized carbons (Fsp3) is 0.444. The molecule has 3 unspecified atom stereocenters. The zero-order chi connectivity index (χ0) is 16.9. The number of β-amino-alcohol motifs (C(OH)–C–C–N with tert-alkyl or cyclic N) is 1. The molecule has 1 aromatic carbocycles. The molecule has 1 saturated heterocycles. The Morgan fingerprint density at radius 3 is 2.92 bits per heavy atom. The Morgan fingerprint density at radius 1 is 1.46 bits per heavy atom. The molecule has 1 aromatic heterocycles. The zero-order valence-corrected chi connectivity index (χ0v) is 14.6. The average molecular weight is 345 g/mol. The van der Waals surface area contributed by atoms with Crippen LogP contribution < -0.4 is 5.32 Å². The molecule has 0 saturated carbocycles. The number of benzene rings is 1. The highest BCUT2D eigenvalue weighted by Crippen LogP contribution is 2.24. The molecular weight excluding hydrogens is 322 g/mol. The van der Waals surface area contributed by atoms with Crippen LogP contribution in [0.15, 0.2) is 41.9 Å². The molecule has 1 fully saturated rings. The number of piperidine rings is 1. The van der Waals surface area contributed by atoms with Crippen LogP contribution in [0.2, 0.25) is 0 Å². The van der Waals surface area contributed by atoms with Crippen LogP contribution in [0.3, 0.4) is 0 Å². The van der Waals surface area contributed by atoms with Crippen molar-refractivity contribution in [2.24, 2.45) is 5.92 Å². The third kappa shape index (κ3) is 4.20. The molecule has 1 aliphatic rings. The molecule has 2 heterocycles. The van der Waals surface area contributed by atoms with E-state index in [-0.39, 0.29) is 18.1 Å².